The molecule has 0 aliphatic heterocycles. The summed E-state index contributed by atoms with van der Waals surface area (Å²) >= 11 is 0. The third-order valence-corrected chi connectivity index (χ3v) is 2.63. The second-order valence-electron chi connectivity index (χ2n) is 3.94. The number of rotatable bonds is 4. The third-order valence-electron chi connectivity index (χ3n) is 2.63. The number of carbonyl (C=O) groups is 1. The van der Waals surface area contributed by atoms with E-state index in [1.54, 1.807) is 0 Å². The highest BCUT2D eigenvalue weighted by Crippen LogP contribution is 2.25. The van der Waals surface area contributed by atoms with Crippen LogP contribution in [0.4, 0.5) is 21.5 Å². The number of amides is 1. The van der Waals surface area contributed by atoms with Gasteiger partial charge >= 0.3 is 0 Å². The Hall–Kier alpha value is -3.07. The van der Waals surface area contributed by atoms with Gasteiger partial charge in [-0.15, -0.1) is 0 Å². The number of hydrogen-bond donors (Lipinski definition) is 3. The number of nitrogens with one attached hydrogen (secondary N) is 2. The summed E-state index contributed by atoms with van der Waals surface area (Å²) in [5.41, 5.74) is 1.79. The molecule has 108 valence electrons. The van der Waals surface area contributed by atoms with Gasteiger partial charge in [0.25, 0.3) is 11.6 Å². The van der Waals surface area contributed by atoms with Crippen molar-refractivity contribution < 1.29 is 14.1 Å². The molecule has 0 atom stereocenters. The predicted octanol–water partition coefficient (Wildman–Crippen LogP) is 1.67. The Morgan fingerprint density at radius 1 is 1.33 bits per heavy atom. The molecule has 21 heavy (non-hydrogen) atoms. The molecule has 8 nitrogen and oxygen atoms in total. The van der Waals surface area contributed by atoms with Gasteiger partial charge in [0.15, 0.2) is 5.82 Å². The largest absolute Gasteiger partial charge is 0.319 e. The maximum Gasteiger partial charge on any atom is 0.294 e. The number of halogens is 1. The van der Waals surface area contributed by atoms with E-state index in [1.807, 2.05) is 0 Å². The van der Waals surface area contributed by atoms with E-state index < -0.39 is 16.6 Å². The maximum absolute atomic E-state index is 13.4. The van der Waals surface area contributed by atoms with Crippen LogP contribution in [-0.2, 0) is 0 Å². The summed E-state index contributed by atoms with van der Waals surface area (Å²) in [6, 6.07) is 4.94. The number of pyridine rings is 1. The smallest absolute Gasteiger partial charge is 0.294 e. The van der Waals surface area contributed by atoms with Crippen molar-refractivity contribution in [2.75, 3.05) is 10.7 Å². The molecule has 1 aromatic heterocycles. The summed E-state index contributed by atoms with van der Waals surface area (Å²) in [7, 11) is 0. The van der Waals surface area contributed by atoms with Gasteiger partial charge in [-0.3, -0.25) is 25.7 Å². The first-order valence-corrected chi connectivity index (χ1v) is 5.69. The number of anilines is 2. The highest BCUT2D eigenvalue weighted by Gasteiger charge is 2.17. The van der Waals surface area contributed by atoms with Crippen molar-refractivity contribution in [3.8, 4) is 0 Å². The first-order chi connectivity index (χ1) is 10.0. The van der Waals surface area contributed by atoms with Crippen molar-refractivity contribution in [2.45, 2.75) is 0 Å². The van der Waals surface area contributed by atoms with Crippen LogP contribution < -0.4 is 16.6 Å². The molecular formula is C12H10FN5O3. The first kappa shape index (κ1) is 14.3. The summed E-state index contributed by atoms with van der Waals surface area (Å²) < 4.78 is 13.4. The number of nitrogens with two attached hydrogens (primary N) is 1. The van der Waals surface area contributed by atoms with Crippen molar-refractivity contribution in [1.29, 1.82) is 0 Å². The Morgan fingerprint density at radius 3 is 2.71 bits per heavy atom. The van der Waals surface area contributed by atoms with Gasteiger partial charge < -0.3 is 10.7 Å². The van der Waals surface area contributed by atoms with Crippen molar-refractivity contribution in [3.63, 3.8) is 0 Å². The van der Waals surface area contributed by atoms with Gasteiger partial charge in [0, 0.05) is 17.8 Å². The van der Waals surface area contributed by atoms with Crippen molar-refractivity contribution >= 4 is 23.0 Å². The lowest BCUT2D eigenvalue weighted by atomic mass is 10.1. The van der Waals surface area contributed by atoms with Crippen molar-refractivity contribution in [1.82, 2.24) is 4.98 Å². The van der Waals surface area contributed by atoms with Crippen LogP contribution >= 0.6 is 0 Å². The lowest BCUT2D eigenvalue weighted by Gasteiger charge is -2.07. The highest BCUT2D eigenvalue weighted by molar-refractivity contribution is 6.05. The fourth-order valence-corrected chi connectivity index (χ4v) is 1.62. The summed E-state index contributed by atoms with van der Waals surface area (Å²) in [5, 5.41) is 13.2. The van der Waals surface area contributed by atoms with E-state index in [1.165, 1.54) is 24.4 Å². The Balaban J connectivity index is 2.30. The normalized spacial score (nSPS) is 10.0. The molecule has 1 heterocycles. The van der Waals surface area contributed by atoms with Gasteiger partial charge in [-0.1, -0.05) is 0 Å². The first-order valence-electron chi connectivity index (χ1n) is 5.69. The second-order valence-corrected chi connectivity index (χ2v) is 3.94. The van der Waals surface area contributed by atoms with Gasteiger partial charge in [-0.2, -0.15) is 0 Å². The fourth-order valence-electron chi connectivity index (χ4n) is 1.62. The molecule has 0 spiro atoms. The van der Waals surface area contributed by atoms with Gasteiger partial charge in [0.05, 0.1) is 16.8 Å². The molecule has 1 amide bonds. The molecule has 0 saturated carbocycles. The zero-order valence-corrected chi connectivity index (χ0v) is 10.5. The lowest BCUT2D eigenvalue weighted by Crippen LogP contribution is -2.14. The lowest BCUT2D eigenvalue weighted by molar-refractivity contribution is -0.384. The molecule has 0 bridgehead atoms. The van der Waals surface area contributed by atoms with Crippen molar-refractivity contribution in [3.05, 3.63) is 58.2 Å². The Labute approximate surface area is 117 Å². The van der Waals surface area contributed by atoms with E-state index in [-0.39, 0.29) is 22.6 Å². The minimum absolute atomic E-state index is 0.00286. The number of nitrogens with zero attached hydrogens (tertiary/aromatic N) is 2. The van der Waals surface area contributed by atoms with Crippen LogP contribution in [0.1, 0.15) is 10.4 Å². The fraction of sp³-hybridized carbons (Fsp3) is 0. The number of nitro benzene ring substituents is 1. The number of aromatic nitrogens is 1. The van der Waals surface area contributed by atoms with E-state index in [9.17, 15) is 19.3 Å². The van der Waals surface area contributed by atoms with Gasteiger partial charge in [-0.25, -0.2) is 4.39 Å². The summed E-state index contributed by atoms with van der Waals surface area (Å²) in [5.74, 6) is 3.75. The number of hydrogen-bond acceptors (Lipinski definition) is 6. The SMILES string of the molecule is NNc1ccc(C(=O)Nc2ccncc2F)cc1[N+](=O)[O-]. The minimum Gasteiger partial charge on any atom is -0.319 e. The van der Waals surface area contributed by atoms with Gasteiger partial charge in [-0.05, 0) is 18.2 Å². The monoisotopic (exact) mass is 291 g/mol. The second kappa shape index (κ2) is 5.92. The molecular weight excluding hydrogens is 281 g/mol. The van der Waals surface area contributed by atoms with Gasteiger partial charge in [0.2, 0.25) is 0 Å². The van der Waals surface area contributed by atoms with Crippen LogP contribution in [0.25, 0.3) is 0 Å². The zero-order chi connectivity index (χ0) is 15.4. The molecule has 4 N–H and O–H groups in total. The average molecular weight is 291 g/mol. The minimum atomic E-state index is -0.708. The Bertz CT molecular complexity index is 707. The van der Waals surface area contributed by atoms with Crippen molar-refractivity contribution in [2.24, 2.45) is 5.84 Å². The van der Waals surface area contributed by atoms with E-state index in [4.69, 9.17) is 5.84 Å². The predicted molar refractivity (Wildman–Crippen MR) is 73.1 cm³/mol. The zero-order valence-electron chi connectivity index (χ0n) is 10.5. The molecule has 1 aromatic carbocycles. The van der Waals surface area contributed by atoms with Crippen LogP contribution in [-0.4, -0.2) is 15.8 Å². The number of benzene rings is 1. The van der Waals surface area contributed by atoms with Crippen LogP contribution in [0.3, 0.4) is 0 Å². The van der Waals surface area contributed by atoms with E-state index >= 15 is 0 Å². The molecule has 0 radical (unpaired) electrons. The summed E-state index contributed by atoms with van der Waals surface area (Å²) in [6.45, 7) is 0. The third kappa shape index (κ3) is 3.09. The van der Waals surface area contributed by atoms with Crippen LogP contribution in [0.15, 0.2) is 36.7 Å². The van der Waals surface area contributed by atoms with Crippen LogP contribution in [0, 0.1) is 15.9 Å². The quantitative estimate of drug-likeness (QED) is 0.447. The average Bonchev–Trinajstić information content (AvgIpc) is 2.48. The number of hydrazine groups is 1. The molecule has 0 fully saturated rings. The standard InChI is InChI=1S/C12H10FN5O3/c13-8-6-15-4-3-9(8)16-12(19)7-1-2-10(17-14)11(5-7)18(20)21/h1-6,17H,14H2,(H,15,16,19). The molecule has 9 heteroatoms. The molecule has 0 saturated heterocycles. The highest BCUT2D eigenvalue weighted by atomic mass is 19.1. The summed E-state index contributed by atoms with van der Waals surface area (Å²) in [4.78, 5) is 25.7. The van der Waals surface area contributed by atoms with Crippen LogP contribution in [0.5, 0.6) is 0 Å². The molecule has 2 aromatic rings. The Kier molecular flexibility index (Phi) is 4.05. The number of nitro groups is 1. The van der Waals surface area contributed by atoms with E-state index in [0.29, 0.717) is 0 Å². The molecule has 0 unspecified atom stereocenters. The van der Waals surface area contributed by atoms with E-state index in [2.05, 4.69) is 15.7 Å². The maximum atomic E-state index is 13.4. The number of carbonyl (C=O) groups excluding carboxylic acids is 1. The van der Waals surface area contributed by atoms with E-state index in [0.717, 1.165) is 12.3 Å². The summed E-state index contributed by atoms with van der Waals surface area (Å²) in [6.07, 6.45) is 2.25. The Morgan fingerprint density at radius 2 is 2.10 bits per heavy atom. The molecule has 2 rings (SSSR count). The van der Waals surface area contributed by atoms with Gasteiger partial charge in [0.1, 0.15) is 5.69 Å². The molecule has 0 aliphatic carbocycles. The number of nitrogen functional groups attached to an aromatic ring is 1. The van der Waals surface area contributed by atoms with Crippen LogP contribution in [0.2, 0.25) is 0 Å². The molecule has 0 aliphatic rings. The topological polar surface area (TPSA) is 123 Å².